The molecule has 0 bridgehead atoms. The van der Waals surface area contributed by atoms with Crippen LogP contribution in [0.5, 0.6) is 0 Å². The number of carboxylic acid groups (broad SMARTS) is 1. The Bertz CT molecular complexity index is 1130. The van der Waals surface area contributed by atoms with Crippen molar-refractivity contribution >= 4 is 76.9 Å². The van der Waals surface area contributed by atoms with Crippen molar-refractivity contribution in [2.24, 2.45) is 0 Å². The predicted molar refractivity (Wildman–Crippen MR) is 128 cm³/mol. The summed E-state index contributed by atoms with van der Waals surface area (Å²) in [4.78, 5) is 19.6. The average Bonchev–Trinajstić information content (AvgIpc) is 2.70. The predicted octanol–water partition coefficient (Wildman–Crippen LogP) is 2.02. The maximum atomic E-state index is 13.5. The fraction of sp³-hybridized carbons (Fsp3) is 0.409. The van der Waals surface area contributed by atoms with Gasteiger partial charge in [-0.05, 0) is 30.2 Å². The van der Waals surface area contributed by atoms with Gasteiger partial charge in [-0.3, -0.25) is 4.79 Å². The molecule has 1 heterocycles. The molecule has 3 N–H and O–H groups in total. The number of nitrogens with zero attached hydrogens (tertiary/aromatic N) is 3. The Morgan fingerprint density at radius 3 is 2.26 bits per heavy atom. The molecule has 0 aliphatic carbocycles. The molecule has 0 aliphatic rings. The van der Waals surface area contributed by atoms with Gasteiger partial charge in [0, 0.05) is 24.6 Å². The van der Waals surface area contributed by atoms with Crippen LogP contribution < -0.4 is 4.31 Å². The normalized spacial score (nSPS) is 13.5. The number of carboxylic acids is 1. The zero-order valence-corrected chi connectivity index (χ0v) is 24.8. The number of rotatable bonds is 10. The van der Waals surface area contributed by atoms with Crippen molar-refractivity contribution in [1.82, 2.24) is 9.97 Å². The van der Waals surface area contributed by atoms with E-state index in [1.54, 1.807) is 0 Å². The Kier molecular flexibility index (Phi) is 11.8. The summed E-state index contributed by atoms with van der Waals surface area (Å²) in [7, 11) is -2.33. The number of aromatic nitrogens is 2. The van der Waals surface area contributed by atoms with Crippen molar-refractivity contribution in [2.75, 3.05) is 17.6 Å². The van der Waals surface area contributed by atoms with Gasteiger partial charge in [0.05, 0.1) is 36.3 Å². The second-order valence-corrected chi connectivity index (χ2v) is 9.99. The standard InChI is InChI=1S/C22H28FN3O6S.Ba/c1-13(2)20-18(10-9-16(27)11-17(28)12-19(29)30)21(14-5-7-15(23)8-6-14)25-22(24-20)26(3)33(4,31)32;/h5-10,13,16-17,27-28H,11-12H2,1-4H3,(H,29,30);/q;+2/b10-9+;/t16-,17-;/m1./s1. The average molecular weight is 619 g/mol. The first kappa shape index (κ1) is 30.7. The summed E-state index contributed by atoms with van der Waals surface area (Å²) in [5, 5.41) is 28.8. The smallest absolute Gasteiger partial charge is 0.481 e. The molecular formula is C22H28BaFN3O6S+2. The van der Waals surface area contributed by atoms with E-state index in [0.29, 0.717) is 22.5 Å². The molecule has 12 heteroatoms. The molecule has 0 unspecified atom stereocenters. The van der Waals surface area contributed by atoms with Crippen molar-refractivity contribution in [3.63, 3.8) is 0 Å². The van der Waals surface area contributed by atoms with E-state index < -0.39 is 40.4 Å². The quantitative estimate of drug-likeness (QED) is 0.344. The molecule has 0 saturated carbocycles. The number of aliphatic hydroxyl groups excluding tert-OH is 2. The summed E-state index contributed by atoms with van der Waals surface area (Å²) in [6, 6.07) is 5.49. The Morgan fingerprint density at radius 1 is 1.18 bits per heavy atom. The minimum absolute atomic E-state index is 0. The van der Waals surface area contributed by atoms with Crippen molar-refractivity contribution in [3.05, 3.63) is 47.4 Å². The van der Waals surface area contributed by atoms with Gasteiger partial charge in [0.2, 0.25) is 16.0 Å². The number of aliphatic carboxylic acids is 1. The number of carbonyl (C=O) groups is 1. The monoisotopic (exact) mass is 619 g/mol. The molecule has 2 aromatic rings. The van der Waals surface area contributed by atoms with Crippen LogP contribution in [0.4, 0.5) is 10.3 Å². The number of aliphatic hydroxyl groups is 2. The van der Waals surface area contributed by atoms with E-state index >= 15 is 0 Å². The van der Waals surface area contributed by atoms with Crippen LogP contribution in [-0.4, -0.2) is 114 Å². The molecule has 1 aromatic heterocycles. The molecule has 0 amide bonds. The van der Waals surface area contributed by atoms with Gasteiger partial charge in [-0.15, -0.1) is 0 Å². The van der Waals surface area contributed by atoms with Crippen LogP contribution in [0.2, 0.25) is 0 Å². The van der Waals surface area contributed by atoms with Crippen LogP contribution >= 0.6 is 0 Å². The minimum Gasteiger partial charge on any atom is -0.481 e. The third-order valence-corrected chi connectivity index (χ3v) is 5.97. The molecule has 0 aliphatic heterocycles. The molecule has 9 nitrogen and oxygen atoms in total. The summed E-state index contributed by atoms with van der Waals surface area (Å²) in [5.74, 6) is -1.87. The summed E-state index contributed by atoms with van der Waals surface area (Å²) in [6.45, 7) is 3.71. The van der Waals surface area contributed by atoms with Crippen LogP contribution in [0.1, 0.15) is 43.9 Å². The zero-order valence-electron chi connectivity index (χ0n) is 19.5. The Labute approximate surface area is 238 Å². The van der Waals surface area contributed by atoms with Crippen molar-refractivity contribution in [1.29, 1.82) is 0 Å². The molecule has 180 valence electrons. The second-order valence-electron chi connectivity index (χ2n) is 7.98. The van der Waals surface area contributed by atoms with Gasteiger partial charge in [-0.1, -0.05) is 26.0 Å². The Hall–Kier alpha value is -1.32. The minimum atomic E-state index is -3.65. The van der Waals surface area contributed by atoms with Gasteiger partial charge >= 0.3 is 54.9 Å². The fourth-order valence-electron chi connectivity index (χ4n) is 3.05. The molecule has 0 radical (unpaired) electrons. The third-order valence-electron chi connectivity index (χ3n) is 4.82. The Morgan fingerprint density at radius 2 is 1.76 bits per heavy atom. The van der Waals surface area contributed by atoms with Gasteiger partial charge in [-0.25, -0.2) is 27.1 Å². The van der Waals surface area contributed by atoms with E-state index in [4.69, 9.17) is 5.11 Å². The zero-order chi connectivity index (χ0) is 24.9. The number of benzene rings is 1. The van der Waals surface area contributed by atoms with Crippen LogP contribution in [-0.2, 0) is 14.8 Å². The van der Waals surface area contributed by atoms with Crippen LogP contribution in [0.15, 0.2) is 30.3 Å². The molecular weight excluding hydrogens is 591 g/mol. The molecule has 0 fully saturated rings. The van der Waals surface area contributed by atoms with Crippen LogP contribution in [0.3, 0.4) is 0 Å². The summed E-state index contributed by atoms with van der Waals surface area (Å²) in [6.07, 6.45) is 0.860. The maximum absolute atomic E-state index is 13.5. The molecule has 0 spiro atoms. The number of halogens is 1. The van der Waals surface area contributed by atoms with Crippen LogP contribution in [0, 0.1) is 5.82 Å². The van der Waals surface area contributed by atoms with Crippen molar-refractivity contribution in [3.8, 4) is 11.3 Å². The molecule has 1 aromatic carbocycles. The molecule has 34 heavy (non-hydrogen) atoms. The molecule has 2 atom stereocenters. The van der Waals surface area contributed by atoms with Crippen LogP contribution in [0.25, 0.3) is 17.3 Å². The first-order valence-electron chi connectivity index (χ1n) is 10.2. The van der Waals surface area contributed by atoms with Gasteiger partial charge in [0.25, 0.3) is 0 Å². The SMILES string of the molecule is CC(C)c1nc(N(C)S(C)(=O)=O)nc(-c2ccc(F)cc2)c1/C=C/[C@@H](O)C[C@@H](O)CC(=O)O.[Ba+2]. The van der Waals surface area contributed by atoms with E-state index in [2.05, 4.69) is 9.97 Å². The largest absolute Gasteiger partial charge is 2.00 e. The summed E-state index contributed by atoms with van der Waals surface area (Å²) in [5.41, 5.74) is 1.80. The topological polar surface area (TPSA) is 141 Å². The number of anilines is 1. The van der Waals surface area contributed by atoms with Gasteiger partial charge in [-0.2, -0.15) is 0 Å². The number of hydrogen-bond donors (Lipinski definition) is 3. The molecule has 2 rings (SSSR count). The van der Waals surface area contributed by atoms with Crippen molar-refractivity contribution in [2.45, 2.75) is 44.8 Å². The van der Waals surface area contributed by atoms with E-state index in [0.717, 1.165) is 10.6 Å². The second kappa shape index (κ2) is 13.1. The first-order valence-corrected chi connectivity index (χ1v) is 12.0. The summed E-state index contributed by atoms with van der Waals surface area (Å²) >= 11 is 0. The van der Waals surface area contributed by atoms with E-state index in [1.807, 2.05) is 13.8 Å². The maximum Gasteiger partial charge on any atom is 2.00 e. The third kappa shape index (κ3) is 8.72. The van der Waals surface area contributed by atoms with Gasteiger partial charge < -0.3 is 15.3 Å². The number of hydrogen-bond acceptors (Lipinski definition) is 7. The van der Waals surface area contributed by atoms with Gasteiger partial charge in [0.1, 0.15) is 5.82 Å². The van der Waals surface area contributed by atoms with Crippen molar-refractivity contribution < 1.29 is 32.9 Å². The first-order chi connectivity index (χ1) is 15.3. The van der Waals surface area contributed by atoms with E-state index in [9.17, 15) is 27.8 Å². The fourth-order valence-corrected chi connectivity index (χ4v) is 3.42. The Balaban J connectivity index is 0.00000578. The number of sulfonamides is 1. The molecule has 0 saturated heterocycles. The summed E-state index contributed by atoms with van der Waals surface area (Å²) < 4.78 is 38.6. The van der Waals surface area contributed by atoms with E-state index in [1.165, 1.54) is 43.5 Å². The van der Waals surface area contributed by atoms with E-state index in [-0.39, 0.29) is 67.2 Å². The van der Waals surface area contributed by atoms with Gasteiger partial charge in [0.15, 0.2) is 0 Å².